The molecule has 1 aliphatic heterocycles. The zero-order valence-corrected chi connectivity index (χ0v) is 16.2. The van der Waals surface area contributed by atoms with Crippen molar-refractivity contribution in [2.45, 2.75) is 34.6 Å². The Morgan fingerprint density at radius 1 is 1.07 bits per heavy atom. The fraction of sp³-hybridized carbons (Fsp3) is 0.286. The Bertz CT molecular complexity index is 998. The number of benzene rings is 1. The summed E-state index contributed by atoms with van der Waals surface area (Å²) in [4.78, 5) is 37.5. The van der Waals surface area contributed by atoms with E-state index in [1.165, 1.54) is 11.1 Å². The van der Waals surface area contributed by atoms with Crippen molar-refractivity contribution < 1.29 is 14.4 Å². The molecule has 2 aromatic rings. The minimum Gasteiger partial charge on any atom is -0.318 e. The minimum absolute atomic E-state index is 0.0299. The van der Waals surface area contributed by atoms with Gasteiger partial charge in [-0.15, -0.1) is 0 Å². The van der Waals surface area contributed by atoms with Gasteiger partial charge in [-0.2, -0.15) is 0 Å². The lowest BCUT2D eigenvalue weighted by Gasteiger charge is -2.24. The molecule has 3 rings (SSSR count). The summed E-state index contributed by atoms with van der Waals surface area (Å²) in [5.41, 5.74) is 6.11. The first-order valence-electron chi connectivity index (χ1n) is 8.90. The van der Waals surface area contributed by atoms with Crippen LogP contribution in [-0.4, -0.2) is 33.9 Å². The lowest BCUT2D eigenvalue weighted by molar-refractivity contribution is -0.129. The molecule has 1 aliphatic rings. The Morgan fingerprint density at radius 2 is 1.78 bits per heavy atom. The maximum absolute atomic E-state index is 12.5. The van der Waals surface area contributed by atoms with Crippen LogP contribution in [0.2, 0.25) is 0 Å². The number of imide groups is 2. The summed E-state index contributed by atoms with van der Waals surface area (Å²) in [5.74, 6) is -1.23. The number of carbonyl (C=O) groups excluding carboxylic acids is 3. The summed E-state index contributed by atoms with van der Waals surface area (Å²) >= 11 is 0. The van der Waals surface area contributed by atoms with Gasteiger partial charge in [0.25, 0.3) is 11.8 Å². The average Bonchev–Trinajstić information content (AvgIpc) is 2.88. The highest BCUT2D eigenvalue weighted by atomic mass is 16.2. The summed E-state index contributed by atoms with van der Waals surface area (Å²) in [6.45, 7) is 9.98. The number of likely N-dealkylation sites (N-methyl/N-ethyl adjacent to an activating group) is 1. The molecule has 1 N–H and O–H groups in total. The number of amides is 4. The first-order chi connectivity index (χ1) is 12.8. The van der Waals surface area contributed by atoms with Gasteiger partial charge in [0.2, 0.25) is 0 Å². The van der Waals surface area contributed by atoms with Crippen LogP contribution in [0.1, 0.15) is 35.0 Å². The average molecular weight is 365 g/mol. The number of aryl methyl sites for hydroxylation is 2. The molecule has 1 fully saturated rings. The number of rotatable bonds is 3. The fourth-order valence-electron chi connectivity index (χ4n) is 3.42. The van der Waals surface area contributed by atoms with E-state index in [-0.39, 0.29) is 12.1 Å². The zero-order chi connectivity index (χ0) is 19.9. The highest BCUT2D eigenvalue weighted by molar-refractivity contribution is 6.31. The third-order valence-electron chi connectivity index (χ3n) is 5.09. The smallest absolute Gasteiger partial charge is 0.318 e. The number of carbonyl (C=O) groups is 3. The maximum Gasteiger partial charge on any atom is 0.331 e. The van der Waals surface area contributed by atoms with E-state index in [0.29, 0.717) is 0 Å². The molecule has 0 unspecified atom stereocenters. The van der Waals surface area contributed by atoms with Crippen molar-refractivity contribution in [1.29, 1.82) is 0 Å². The highest BCUT2D eigenvalue weighted by Crippen LogP contribution is 2.26. The largest absolute Gasteiger partial charge is 0.331 e. The predicted molar refractivity (Wildman–Crippen MR) is 104 cm³/mol. The molecule has 1 aromatic carbocycles. The number of hydrogen-bond donors (Lipinski definition) is 1. The molecule has 6 nitrogen and oxygen atoms in total. The van der Waals surface area contributed by atoms with Gasteiger partial charge in [0.1, 0.15) is 5.57 Å². The van der Waals surface area contributed by atoms with E-state index in [9.17, 15) is 14.4 Å². The SMILES string of the molecule is CCN1C(=O)NC(=O)/C(=C\c2cc(C)n(-c3cccc(C)c3C)c2C)C1=O. The van der Waals surface area contributed by atoms with E-state index in [1.807, 2.05) is 26.0 Å². The molecule has 0 bridgehead atoms. The van der Waals surface area contributed by atoms with Crippen LogP contribution in [0.15, 0.2) is 29.8 Å². The number of nitrogens with one attached hydrogen (secondary N) is 1. The molecule has 0 atom stereocenters. The van der Waals surface area contributed by atoms with Crippen molar-refractivity contribution in [2.75, 3.05) is 6.54 Å². The fourth-order valence-corrected chi connectivity index (χ4v) is 3.42. The van der Waals surface area contributed by atoms with Gasteiger partial charge in [0.15, 0.2) is 0 Å². The van der Waals surface area contributed by atoms with Crippen LogP contribution in [0.3, 0.4) is 0 Å². The van der Waals surface area contributed by atoms with Crippen molar-refractivity contribution in [3.63, 3.8) is 0 Å². The number of barbiturate groups is 1. The first-order valence-corrected chi connectivity index (χ1v) is 8.90. The van der Waals surface area contributed by atoms with E-state index >= 15 is 0 Å². The molecule has 6 heteroatoms. The topological polar surface area (TPSA) is 71.4 Å². The lowest BCUT2D eigenvalue weighted by atomic mass is 10.1. The second-order valence-corrected chi connectivity index (χ2v) is 6.75. The molecule has 4 amide bonds. The molecule has 1 saturated heterocycles. The molecule has 0 spiro atoms. The molecule has 0 saturated carbocycles. The Morgan fingerprint density at radius 3 is 2.44 bits per heavy atom. The molecule has 0 radical (unpaired) electrons. The summed E-state index contributed by atoms with van der Waals surface area (Å²) in [6.07, 6.45) is 1.57. The van der Waals surface area contributed by atoms with Crippen molar-refractivity contribution in [2.24, 2.45) is 0 Å². The Labute approximate surface area is 158 Å². The number of nitrogens with zero attached hydrogens (tertiary/aromatic N) is 2. The second-order valence-electron chi connectivity index (χ2n) is 6.75. The molecule has 140 valence electrons. The van der Waals surface area contributed by atoms with E-state index in [0.717, 1.165) is 27.5 Å². The normalized spacial score (nSPS) is 16.3. The van der Waals surface area contributed by atoms with Gasteiger partial charge in [0, 0.05) is 23.6 Å². The van der Waals surface area contributed by atoms with E-state index in [2.05, 4.69) is 35.9 Å². The Hall–Kier alpha value is -3.15. The molecule has 2 heterocycles. The third-order valence-corrected chi connectivity index (χ3v) is 5.09. The third kappa shape index (κ3) is 3.07. The monoisotopic (exact) mass is 365 g/mol. The minimum atomic E-state index is -0.675. The van der Waals surface area contributed by atoms with Crippen LogP contribution in [0.25, 0.3) is 11.8 Å². The zero-order valence-electron chi connectivity index (χ0n) is 16.2. The molecule has 1 aromatic heterocycles. The van der Waals surface area contributed by atoms with Crippen LogP contribution in [0, 0.1) is 27.7 Å². The second kappa shape index (κ2) is 6.87. The summed E-state index contributed by atoms with van der Waals surface area (Å²) < 4.78 is 2.11. The van der Waals surface area contributed by atoms with Crippen LogP contribution in [-0.2, 0) is 9.59 Å². The maximum atomic E-state index is 12.5. The molecular formula is C21H23N3O3. The van der Waals surface area contributed by atoms with Crippen LogP contribution in [0.4, 0.5) is 4.79 Å². The van der Waals surface area contributed by atoms with E-state index < -0.39 is 17.8 Å². The number of hydrogen-bond acceptors (Lipinski definition) is 3. The van der Waals surface area contributed by atoms with Gasteiger partial charge in [-0.3, -0.25) is 19.8 Å². The van der Waals surface area contributed by atoms with Crippen molar-refractivity contribution in [3.8, 4) is 5.69 Å². The van der Waals surface area contributed by atoms with Crippen molar-refractivity contribution >= 4 is 23.9 Å². The van der Waals surface area contributed by atoms with Crippen LogP contribution >= 0.6 is 0 Å². The van der Waals surface area contributed by atoms with Crippen molar-refractivity contribution in [3.05, 3.63) is 57.9 Å². The van der Waals surface area contributed by atoms with Crippen molar-refractivity contribution in [1.82, 2.24) is 14.8 Å². The number of urea groups is 1. The van der Waals surface area contributed by atoms with Gasteiger partial charge in [-0.1, -0.05) is 12.1 Å². The highest BCUT2D eigenvalue weighted by Gasteiger charge is 2.34. The van der Waals surface area contributed by atoms with Gasteiger partial charge in [-0.05, 0) is 69.5 Å². The predicted octanol–water partition coefficient (Wildman–Crippen LogP) is 3.19. The van der Waals surface area contributed by atoms with Gasteiger partial charge < -0.3 is 4.57 Å². The summed E-state index contributed by atoms with van der Waals surface area (Å²) in [6, 6.07) is 7.40. The lowest BCUT2D eigenvalue weighted by Crippen LogP contribution is -2.53. The first kappa shape index (κ1) is 18.6. The van der Waals surface area contributed by atoms with E-state index in [4.69, 9.17) is 0 Å². The standard InChI is InChI=1S/C21H23N3O3/c1-6-23-20(26)17(19(25)22-21(23)27)11-16-10-13(3)24(15(16)5)18-9-7-8-12(2)14(18)4/h7-11H,6H2,1-5H3,(H,22,25,27)/b17-11+. The Kier molecular flexibility index (Phi) is 4.74. The van der Waals surface area contributed by atoms with E-state index in [1.54, 1.807) is 13.0 Å². The van der Waals surface area contributed by atoms with Gasteiger partial charge in [0.05, 0.1) is 0 Å². The summed E-state index contributed by atoms with van der Waals surface area (Å²) in [7, 11) is 0. The molecule has 27 heavy (non-hydrogen) atoms. The van der Waals surface area contributed by atoms with Gasteiger partial charge in [-0.25, -0.2) is 4.79 Å². The Balaban J connectivity index is 2.11. The molecule has 0 aliphatic carbocycles. The molecular weight excluding hydrogens is 342 g/mol. The van der Waals surface area contributed by atoms with Crippen LogP contribution in [0.5, 0.6) is 0 Å². The number of aromatic nitrogens is 1. The summed E-state index contributed by atoms with van der Waals surface area (Å²) in [5, 5.41) is 2.22. The van der Waals surface area contributed by atoms with Crippen LogP contribution < -0.4 is 5.32 Å². The van der Waals surface area contributed by atoms with Gasteiger partial charge >= 0.3 is 6.03 Å². The quantitative estimate of drug-likeness (QED) is 0.671.